The van der Waals surface area contributed by atoms with Crippen LogP contribution in [-0.2, 0) is 9.53 Å². The summed E-state index contributed by atoms with van der Waals surface area (Å²) < 4.78 is 4.76. The van der Waals surface area contributed by atoms with Crippen LogP contribution in [0.4, 0.5) is 0 Å². The lowest BCUT2D eigenvalue weighted by Crippen LogP contribution is -2.43. The molecule has 2 unspecified atom stereocenters. The third kappa shape index (κ3) is 2.99. The van der Waals surface area contributed by atoms with E-state index in [1.807, 2.05) is 0 Å². The van der Waals surface area contributed by atoms with Gasteiger partial charge in [-0.15, -0.1) is 0 Å². The molecule has 0 bridgehead atoms. The van der Waals surface area contributed by atoms with E-state index in [1.54, 1.807) is 0 Å². The average molecular weight is 185 g/mol. The highest BCUT2D eigenvalue weighted by molar-refractivity contribution is 5.76. The topological polar surface area (TPSA) is 38.3 Å². The zero-order chi connectivity index (χ0) is 9.84. The van der Waals surface area contributed by atoms with Gasteiger partial charge in [0.25, 0.3) is 0 Å². The molecule has 1 aliphatic rings. The maximum atomic E-state index is 11.4. The van der Waals surface area contributed by atoms with E-state index in [0.29, 0.717) is 12.0 Å². The van der Waals surface area contributed by atoms with E-state index in [2.05, 4.69) is 19.2 Å². The van der Waals surface area contributed by atoms with Crippen molar-refractivity contribution in [2.75, 3.05) is 7.11 Å². The van der Waals surface area contributed by atoms with Crippen molar-refractivity contribution in [3.63, 3.8) is 0 Å². The van der Waals surface area contributed by atoms with Gasteiger partial charge in [-0.3, -0.25) is 4.79 Å². The standard InChI is InChI=1S/C10H19NO2/c1-4-7(2)9(10(12)13-3)11-8-5-6-8/h7-9,11H,4-6H2,1-3H3. The van der Waals surface area contributed by atoms with Gasteiger partial charge in [0.15, 0.2) is 0 Å². The van der Waals surface area contributed by atoms with Crippen LogP contribution in [0.15, 0.2) is 0 Å². The molecule has 1 saturated carbocycles. The molecule has 0 heterocycles. The Balaban J connectivity index is 2.45. The van der Waals surface area contributed by atoms with Crippen molar-refractivity contribution in [1.82, 2.24) is 5.32 Å². The molecule has 1 rings (SSSR count). The highest BCUT2D eigenvalue weighted by Gasteiger charge is 2.31. The van der Waals surface area contributed by atoms with Crippen LogP contribution >= 0.6 is 0 Å². The minimum Gasteiger partial charge on any atom is -0.468 e. The van der Waals surface area contributed by atoms with Crippen molar-refractivity contribution in [3.05, 3.63) is 0 Å². The summed E-state index contributed by atoms with van der Waals surface area (Å²) in [6.07, 6.45) is 3.40. The summed E-state index contributed by atoms with van der Waals surface area (Å²) in [5.74, 6) is 0.231. The summed E-state index contributed by atoms with van der Waals surface area (Å²) in [6.45, 7) is 4.17. The third-order valence-electron chi connectivity index (χ3n) is 2.66. The molecule has 0 aliphatic heterocycles. The second kappa shape index (κ2) is 4.61. The summed E-state index contributed by atoms with van der Waals surface area (Å²) in [4.78, 5) is 11.4. The van der Waals surface area contributed by atoms with Gasteiger partial charge in [0.2, 0.25) is 0 Å². The lowest BCUT2D eigenvalue weighted by atomic mass is 9.99. The molecule has 0 saturated heterocycles. The van der Waals surface area contributed by atoms with Gasteiger partial charge in [0, 0.05) is 6.04 Å². The van der Waals surface area contributed by atoms with Crippen molar-refractivity contribution in [2.24, 2.45) is 5.92 Å². The first kappa shape index (κ1) is 10.5. The van der Waals surface area contributed by atoms with Crippen LogP contribution in [0.1, 0.15) is 33.1 Å². The number of esters is 1. The molecule has 1 N–H and O–H groups in total. The van der Waals surface area contributed by atoms with Gasteiger partial charge in [-0.05, 0) is 18.8 Å². The molecule has 0 spiro atoms. The fourth-order valence-corrected chi connectivity index (χ4v) is 1.33. The maximum Gasteiger partial charge on any atom is 0.323 e. The van der Waals surface area contributed by atoms with Crippen LogP contribution < -0.4 is 5.32 Å². The van der Waals surface area contributed by atoms with Crippen LogP contribution in [0.25, 0.3) is 0 Å². The van der Waals surface area contributed by atoms with Crippen LogP contribution in [-0.4, -0.2) is 25.2 Å². The van der Waals surface area contributed by atoms with Gasteiger partial charge >= 0.3 is 5.97 Å². The Labute approximate surface area is 79.8 Å². The molecule has 2 atom stereocenters. The number of nitrogens with one attached hydrogen (secondary N) is 1. The van der Waals surface area contributed by atoms with Gasteiger partial charge < -0.3 is 10.1 Å². The van der Waals surface area contributed by atoms with Gasteiger partial charge in [0.1, 0.15) is 6.04 Å². The minimum atomic E-state index is -0.124. The first-order valence-corrected chi connectivity index (χ1v) is 5.03. The highest BCUT2D eigenvalue weighted by atomic mass is 16.5. The van der Waals surface area contributed by atoms with Crippen LogP contribution in [0.5, 0.6) is 0 Å². The zero-order valence-electron chi connectivity index (χ0n) is 8.67. The summed E-state index contributed by atoms with van der Waals surface area (Å²) in [7, 11) is 1.45. The van der Waals surface area contributed by atoms with Crippen molar-refractivity contribution in [1.29, 1.82) is 0 Å². The SMILES string of the molecule is CCC(C)C(NC1CC1)C(=O)OC. The number of carbonyl (C=O) groups excluding carboxylic acids is 1. The van der Waals surface area contributed by atoms with E-state index in [4.69, 9.17) is 4.74 Å². The molecule has 0 aromatic carbocycles. The Morgan fingerprint density at radius 3 is 2.62 bits per heavy atom. The summed E-state index contributed by atoms with van der Waals surface area (Å²) in [5, 5.41) is 3.32. The van der Waals surface area contributed by atoms with Crippen molar-refractivity contribution in [3.8, 4) is 0 Å². The van der Waals surface area contributed by atoms with E-state index in [9.17, 15) is 4.79 Å². The van der Waals surface area contributed by atoms with Gasteiger partial charge in [0.05, 0.1) is 7.11 Å². The van der Waals surface area contributed by atoms with Crippen molar-refractivity contribution in [2.45, 2.75) is 45.2 Å². The lowest BCUT2D eigenvalue weighted by molar-refractivity contribution is -0.144. The Morgan fingerprint density at radius 1 is 1.62 bits per heavy atom. The Kier molecular flexibility index (Phi) is 3.72. The Bertz CT molecular complexity index is 178. The van der Waals surface area contributed by atoms with E-state index < -0.39 is 0 Å². The molecular weight excluding hydrogens is 166 g/mol. The molecule has 1 aliphatic carbocycles. The number of carbonyl (C=O) groups is 1. The molecule has 3 heteroatoms. The van der Waals surface area contributed by atoms with Gasteiger partial charge in [-0.2, -0.15) is 0 Å². The first-order valence-electron chi connectivity index (χ1n) is 5.03. The number of ether oxygens (including phenoxy) is 1. The van der Waals surface area contributed by atoms with Crippen LogP contribution in [0, 0.1) is 5.92 Å². The number of hydrogen-bond donors (Lipinski definition) is 1. The molecule has 13 heavy (non-hydrogen) atoms. The molecule has 0 amide bonds. The van der Waals surface area contributed by atoms with Crippen LogP contribution in [0.2, 0.25) is 0 Å². The number of methoxy groups -OCH3 is 1. The fourth-order valence-electron chi connectivity index (χ4n) is 1.33. The normalized spacial score (nSPS) is 20.8. The summed E-state index contributed by atoms with van der Waals surface area (Å²) >= 11 is 0. The second-order valence-electron chi connectivity index (χ2n) is 3.83. The monoisotopic (exact) mass is 185 g/mol. The molecule has 0 aromatic rings. The molecule has 0 radical (unpaired) electrons. The Hall–Kier alpha value is -0.570. The lowest BCUT2D eigenvalue weighted by Gasteiger charge is -2.21. The minimum absolute atomic E-state index is 0.109. The van der Waals surface area contributed by atoms with Crippen molar-refractivity contribution >= 4 is 5.97 Å². The average Bonchev–Trinajstić information content (AvgIpc) is 2.95. The number of rotatable bonds is 5. The first-order chi connectivity index (χ1) is 6.19. The second-order valence-corrected chi connectivity index (χ2v) is 3.83. The third-order valence-corrected chi connectivity index (χ3v) is 2.66. The van der Waals surface area contributed by atoms with E-state index >= 15 is 0 Å². The van der Waals surface area contributed by atoms with Gasteiger partial charge in [-0.1, -0.05) is 20.3 Å². The Morgan fingerprint density at radius 2 is 2.23 bits per heavy atom. The van der Waals surface area contributed by atoms with E-state index in [0.717, 1.165) is 6.42 Å². The fraction of sp³-hybridized carbons (Fsp3) is 0.900. The molecule has 1 fully saturated rings. The molecule has 0 aromatic heterocycles. The van der Waals surface area contributed by atoms with Gasteiger partial charge in [-0.25, -0.2) is 0 Å². The van der Waals surface area contributed by atoms with Crippen LogP contribution in [0.3, 0.4) is 0 Å². The quantitative estimate of drug-likeness (QED) is 0.657. The van der Waals surface area contributed by atoms with E-state index in [-0.39, 0.29) is 12.0 Å². The molecule has 3 nitrogen and oxygen atoms in total. The summed E-state index contributed by atoms with van der Waals surface area (Å²) in [5.41, 5.74) is 0. The highest BCUT2D eigenvalue weighted by Crippen LogP contribution is 2.22. The molecular formula is C10H19NO2. The zero-order valence-corrected chi connectivity index (χ0v) is 8.67. The molecule has 76 valence electrons. The summed E-state index contributed by atoms with van der Waals surface area (Å²) in [6, 6.07) is 0.445. The largest absolute Gasteiger partial charge is 0.468 e. The van der Waals surface area contributed by atoms with Crippen molar-refractivity contribution < 1.29 is 9.53 Å². The predicted molar refractivity (Wildman–Crippen MR) is 51.4 cm³/mol. The number of hydrogen-bond acceptors (Lipinski definition) is 3. The van der Waals surface area contributed by atoms with E-state index in [1.165, 1.54) is 20.0 Å². The predicted octanol–water partition coefficient (Wildman–Crippen LogP) is 1.33. The smallest absolute Gasteiger partial charge is 0.323 e. The maximum absolute atomic E-state index is 11.4.